The number of carbonyl (C=O) groups is 4. The summed E-state index contributed by atoms with van der Waals surface area (Å²) >= 11 is 0. The first-order valence-electron chi connectivity index (χ1n) is 12.0. The van der Waals surface area contributed by atoms with Crippen molar-refractivity contribution in [3.63, 3.8) is 0 Å². The SMILES string of the molecule is CCOC1OC(=O)CC1NC(=O)[C@@H]1CC[C@H]2C/C=C\C[C@H](NC(=O)c3ccc(OC)c(F)c3)C(=O)N21. The Morgan fingerprint density at radius 3 is 2.67 bits per heavy atom. The minimum atomic E-state index is -0.928. The molecule has 2 saturated heterocycles. The van der Waals surface area contributed by atoms with Gasteiger partial charge in [-0.05, 0) is 50.8 Å². The van der Waals surface area contributed by atoms with E-state index in [9.17, 15) is 23.6 Å². The molecule has 0 aliphatic carbocycles. The van der Waals surface area contributed by atoms with Crippen molar-refractivity contribution >= 4 is 23.7 Å². The van der Waals surface area contributed by atoms with Crippen LogP contribution in [0.15, 0.2) is 30.4 Å². The largest absolute Gasteiger partial charge is 0.494 e. The van der Waals surface area contributed by atoms with Crippen LogP contribution in [0.1, 0.15) is 49.4 Å². The molecule has 0 saturated carbocycles. The number of halogens is 1. The van der Waals surface area contributed by atoms with E-state index in [1.165, 1.54) is 24.1 Å². The van der Waals surface area contributed by atoms with Gasteiger partial charge in [0.1, 0.15) is 18.1 Å². The first-order valence-corrected chi connectivity index (χ1v) is 12.0. The number of nitrogens with zero attached hydrogens (tertiary/aromatic N) is 1. The number of rotatable bonds is 7. The summed E-state index contributed by atoms with van der Waals surface area (Å²) < 4.78 is 29.5. The third kappa shape index (κ3) is 5.35. The van der Waals surface area contributed by atoms with Gasteiger partial charge in [-0.1, -0.05) is 12.2 Å². The van der Waals surface area contributed by atoms with E-state index in [1.807, 2.05) is 12.2 Å². The average Bonchev–Trinajstić information content (AvgIpc) is 3.42. The maximum atomic E-state index is 14.1. The van der Waals surface area contributed by atoms with Crippen LogP contribution in [0.25, 0.3) is 0 Å². The number of hydrogen-bond donors (Lipinski definition) is 2. The van der Waals surface area contributed by atoms with Crippen LogP contribution in [-0.4, -0.2) is 72.8 Å². The van der Waals surface area contributed by atoms with E-state index in [4.69, 9.17) is 14.2 Å². The van der Waals surface area contributed by atoms with Crippen LogP contribution in [0.3, 0.4) is 0 Å². The van der Waals surface area contributed by atoms with Gasteiger partial charge in [0.2, 0.25) is 18.1 Å². The highest BCUT2D eigenvalue weighted by molar-refractivity contribution is 5.99. The number of nitrogens with one attached hydrogen (secondary N) is 2. The van der Waals surface area contributed by atoms with E-state index in [0.717, 1.165) is 6.07 Å². The number of methoxy groups -OCH3 is 1. The lowest BCUT2D eigenvalue weighted by Gasteiger charge is -2.34. The molecular formula is C25H30FN3O7. The topological polar surface area (TPSA) is 123 Å². The Labute approximate surface area is 208 Å². The number of hydrogen-bond acceptors (Lipinski definition) is 7. The average molecular weight is 504 g/mol. The zero-order valence-electron chi connectivity index (χ0n) is 20.2. The van der Waals surface area contributed by atoms with Gasteiger partial charge in [-0.25, -0.2) is 4.39 Å². The summed E-state index contributed by atoms with van der Waals surface area (Å²) in [7, 11) is 1.32. The van der Waals surface area contributed by atoms with Gasteiger partial charge in [0.05, 0.1) is 13.5 Å². The highest BCUT2D eigenvalue weighted by Crippen LogP contribution is 2.30. The first-order chi connectivity index (χ1) is 17.3. The summed E-state index contributed by atoms with van der Waals surface area (Å²) in [4.78, 5) is 52.9. The fraction of sp³-hybridized carbons (Fsp3) is 0.520. The van der Waals surface area contributed by atoms with Crippen molar-refractivity contribution in [2.75, 3.05) is 13.7 Å². The quantitative estimate of drug-likeness (QED) is 0.426. The number of benzene rings is 1. The molecule has 0 spiro atoms. The fourth-order valence-electron chi connectivity index (χ4n) is 4.89. The molecule has 36 heavy (non-hydrogen) atoms. The van der Waals surface area contributed by atoms with Crippen LogP contribution < -0.4 is 15.4 Å². The molecule has 1 aromatic rings. The smallest absolute Gasteiger partial charge is 0.310 e. The summed E-state index contributed by atoms with van der Waals surface area (Å²) in [5.74, 6) is -2.54. The Hall–Kier alpha value is -3.47. The Balaban J connectivity index is 1.48. The molecule has 194 valence electrons. The normalized spacial score (nSPS) is 28.5. The van der Waals surface area contributed by atoms with Gasteiger partial charge in [0, 0.05) is 18.2 Å². The van der Waals surface area contributed by atoms with Crippen molar-refractivity contribution in [1.29, 1.82) is 0 Å². The number of fused-ring (bicyclic) bond motifs is 1. The molecule has 3 amide bonds. The minimum absolute atomic E-state index is 0.00575. The molecule has 3 heterocycles. The second kappa shape index (κ2) is 11.1. The van der Waals surface area contributed by atoms with Crippen LogP contribution in [0.2, 0.25) is 0 Å². The number of esters is 1. The molecule has 0 bridgehead atoms. The molecule has 2 unspecified atom stereocenters. The van der Waals surface area contributed by atoms with Crippen molar-refractivity contribution in [3.05, 3.63) is 41.7 Å². The Kier molecular flexibility index (Phi) is 7.88. The van der Waals surface area contributed by atoms with Crippen LogP contribution in [0, 0.1) is 5.82 Å². The summed E-state index contributed by atoms with van der Waals surface area (Å²) in [6.07, 6.45) is 4.77. The molecular weight excluding hydrogens is 473 g/mol. The van der Waals surface area contributed by atoms with Gasteiger partial charge < -0.3 is 29.7 Å². The molecule has 10 nitrogen and oxygen atoms in total. The number of amides is 3. The predicted octanol–water partition coefficient (Wildman–Crippen LogP) is 1.44. The van der Waals surface area contributed by atoms with Gasteiger partial charge in [-0.2, -0.15) is 0 Å². The summed E-state index contributed by atoms with van der Waals surface area (Å²) in [5, 5.41) is 5.50. The Bertz CT molecular complexity index is 1060. The molecule has 0 radical (unpaired) electrons. The third-order valence-electron chi connectivity index (χ3n) is 6.64. The van der Waals surface area contributed by atoms with Crippen LogP contribution >= 0.6 is 0 Å². The lowest BCUT2D eigenvalue weighted by molar-refractivity contribution is -0.164. The molecule has 5 atom stereocenters. The van der Waals surface area contributed by atoms with E-state index in [2.05, 4.69) is 10.6 Å². The number of cyclic esters (lactones) is 1. The summed E-state index contributed by atoms with van der Waals surface area (Å²) in [5.41, 5.74) is 0.0484. The monoisotopic (exact) mass is 503 g/mol. The Morgan fingerprint density at radius 2 is 1.94 bits per heavy atom. The second-order valence-corrected chi connectivity index (χ2v) is 8.94. The molecule has 3 aliphatic rings. The van der Waals surface area contributed by atoms with Crippen molar-refractivity contribution in [3.8, 4) is 5.75 Å². The standard InChI is InChI=1S/C25H30FN3O7/c1-3-35-25-18(13-21(30)36-25)28-23(32)19-10-9-15-6-4-5-7-17(24(33)29(15)19)27-22(31)14-8-11-20(34-2)16(26)12-14/h4-5,8,11-12,15,17-19,25H,3,6-7,9-10,13H2,1-2H3,(H,27,31)(H,28,32)/b5-4-/t15-,17+,18?,19+,25?/m1/s1. The lowest BCUT2D eigenvalue weighted by Crippen LogP contribution is -2.57. The van der Waals surface area contributed by atoms with Crippen LogP contribution in [0.4, 0.5) is 4.39 Å². The molecule has 1 aromatic carbocycles. The van der Waals surface area contributed by atoms with E-state index >= 15 is 0 Å². The summed E-state index contributed by atoms with van der Waals surface area (Å²) in [6, 6.07) is 1.27. The van der Waals surface area contributed by atoms with Gasteiger partial charge in [0.15, 0.2) is 11.6 Å². The highest BCUT2D eigenvalue weighted by atomic mass is 19.1. The first kappa shape index (κ1) is 25.6. The lowest BCUT2D eigenvalue weighted by atomic mass is 10.0. The van der Waals surface area contributed by atoms with Crippen molar-refractivity contribution in [1.82, 2.24) is 15.5 Å². The third-order valence-corrected chi connectivity index (χ3v) is 6.64. The minimum Gasteiger partial charge on any atom is -0.494 e. The van der Waals surface area contributed by atoms with Gasteiger partial charge in [-0.3, -0.25) is 19.2 Å². The van der Waals surface area contributed by atoms with E-state index in [1.54, 1.807) is 6.92 Å². The van der Waals surface area contributed by atoms with Gasteiger partial charge in [0.25, 0.3) is 5.91 Å². The fourth-order valence-corrected chi connectivity index (χ4v) is 4.89. The highest BCUT2D eigenvalue weighted by Gasteiger charge is 2.45. The van der Waals surface area contributed by atoms with E-state index in [-0.39, 0.29) is 36.1 Å². The van der Waals surface area contributed by atoms with Crippen LogP contribution in [0.5, 0.6) is 5.75 Å². The Morgan fingerprint density at radius 1 is 1.17 bits per heavy atom. The number of ether oxygens (including phenoxy) is 3. The van der Waals surface area contributed by atoms with Crippen molar-refractivity contribution < 1.29 is 37.8 Å². The summed E-state index contributed by atoms with van der Waals surface area (Å²) in [6.45, 7) is 2.07. The molecule has 2 N–H and O–H groups in total. The number of carbonyl (C=O) groups excluding carboxylic acids is 4. The predicted molar refractivity (Wildman–Crippen MR) is 124 cm³/mol. The maximum Gasteiger partial charge on any atom is 0.310 e. The van der Waals surface area contributed by atoms with Gasteiger partial charge in [-0.15, -0.1) is 0 Å². The zero-order chi connectivity index (χ0) is 25.8. The maximum absolute atomic E-state index is 14.1. The van der Waals surface area contributed by atoms with E-state index in [0.29, 0.717) is 25.9 Å². The molecule has 4 rings (SSSR count). The second-order valence-electron chi connectivity index (χ2n) is 8.94. The van der Waals surface area contributed by atoms with Crippen molar-refractivity contribution in [2.45, 2.75) is 69.5 Å². The zero-order valence-corrected chi connectivity index (χ0v) is 20.2. The molecule has 2 fully saturated rings. The molecule has 0 aromatic heterocycles. The molecule has 11 heteroatoms. The van der Waals surface area contributed by atoms with E-state index < -0.39 is 48.0 Å². The van der Waals surface area contributed by atoms with Crippen molar-refractivity contribution in [2.24, 2.45) is 0 Å². The van der Waals surface area contributed by atoms with Crippen LogP contribution in [-0.2, 0) is 23.9 Å². The van der Waals surface area contributed by atoms with Gasteiger partial charge >= 0.3 is 5.97 Å². The molecule has 3 aliphatic heterocycles.